The zero-order valence-corrected chi connectivity index (χ0v) is 16.8. The molecule has 3 atom stereocenters. The highest BCUT2D eigenvalue weighted by molar-refractivity contribution is 7.07. The number of likely N-dealkylation sites (tertiary alicyclic amines) is 2. The molecule has 0 bridgehead atoms. The second-order valence-corrected chi connectivity index (χ2v) is 8.97. The van der Waals surface area contributed by atoms with Crippen molar-refractivity contribution in [1.82, 2.24) is 9.80 Å². The zero-order chi connectivity index (χ0) is 19.0. The first-order chi connectivity index (χ1) is 13.0. The van der Waals surface area contributed by atoms with Crippen LogP contribution in [0.4, 0.5) is 4.39 Å². The fourth-order valence-electron chi connectivity index (χ4n) is 4.74. The number of amides is 1. The molecular formula is C22H27FN2OS. The number of piperidine rings is 1. The quantitative estimate of drug-likeness (QED) is 0.779. The Kier molecular flexibility index (Phi) is 5.33. The number of benzene rings is 1. The van der Waals surface area contributed by atoms with Gasteiger partial charge in [-0.3, -0.25) is 9.69 Å². The molecule has 0 aliphatic carbocycles. The molecule has 3 heterocycles. The maximum atomic E-state index is 13.4. The molecule has 0 unspecified atom stereocenters. The van der Waals surface area contributed by atoms with Crippen molar-refractivity contribution >= 4 is 17.2 Å². The number of thiophene rings is 1. The van der Waals surface area contributed by atoms with Crippen LogP contribution in [0.3, 0.4) is 0 Å². The first-order valence-electron chi connectivity index (χ1n) is 9.82. The van der Waals surface area contributed by atoms with Gasteiger partial charge >= 0.3 is 0 Å². The van der Waals surface area contributed by atoms with Gasteiger partial charge < -0.3 is 4.90 Å². The smallest absolute Gasteiger partial charge is 0.225 e. The van der Waals surface area contributed by atoms with Crippen LogP contribution in [-0.2, 0) is 11.3 Å². The monoisotopic (exact) mass is 386 g/mol. The van der Waals surface area contributed by atoms with Gasteiger partial charge in [0.1, 0.15) is 5.82 Å². The Hall–Kier alpha value is -1.72. The maximum Gasteiger partial charge on any atom is 0.225 e. The Labute approximate surface area is 164 Å². The molecule has 144 valence electrons. The van der Waals surface area contributed by atoms with Crippen molar-refractivity contribution in [3.05, 3.63) is 58.0 Å². The van der Waals surface area contributed by atoms with Crippen molar-refractivity contribution in [2.24, 2.45) is 11.8 Å². The largest absolute Gasteiger partial charge is 0.338 e. The highest BCUT2D eigenvalue weighted by Crippen LogP contribution is 2.42. The number of nitrogens with zero attached hydrogens (tertiary/aromatic N) is 2. The third kappa shape index (κ3) is 3.81. The highest BCUT2D eigenvalue weighted by Gasteiger charge is 2.47. The topological polar surface area (TPSA) is 23.6 Å². The summed E-state index contributed by atoms with van der Waals surface area (Å²) in [6.45, 7) is 7.70. The third-order valence-corrected chi connectivity index (χ3v) is 6.81. The van der Waals surface area contributed by atoms with Crippen LogP contribution in [0.25, 0.3) is 0 Å². The van der Waals surface area contributed by atoms with E-state index >= 15 is 0 Å². The number of fused-ring (bicyclic) bond motifs is 1. The van der Waals surface area contributed by atoms with Crippen LogP contribution in [0.1, 0.15) is 37.3 Å². The van der Waals surface area contributed by atoms with Gasteiger partial charge in [-0.25, -0.2) is 4.39 Å². The number of hydrogen-bond acceptors (Lipinski definition) is 3. The molecule has 1 aromatic carbocycles. The summed E-state index contributed by atoms with van der Waals surface area (Å²) in [5.41, 5.74) is 2.52. The van der Waals surface area contributed by atoms with Gasteiger partial charge in [0.25, 0.3) is 0 Å². The Morgan fingerprint density at radius 1 is 1.22 bits per heavy atom. The summed E-state index contributed by atoms with van der Waals surface area (Å²) in [4.78, 5) is 17.5. The predicted octanol–water partition coefficient (Wildman–Crippen LogP) is 4.36. The van der Waals surface area contributed by atoms with E-state index in [0.29, 0.717) is 12.0 Å². The van der Waals surface area contributed by atoms with E-state index < -0.39 is 0 Å². The third-order valence-electron chi connectivity index (χ3n) is 6.08. The summed E-state index contributed by atoms with van der Waals surface area (Å²) >= 11 is 1.74. The molecule has 2 aliphatic rings. The molecule has 4 rings (SSSR count). The lowest BCUT2D eigenvalue weighted by molar-refractivity contribution is -0.136. The lowest BCUT2D eigenvalue weighted by atomic mass is 9.81. The minimum absolute atomic E-state index is 0.0152. The molecule has 5 heteroatoms. The van der Waals surface area contributed by atoms with Gasteiger partial charge in [-0.05, 0) is 46.5 Å². The SMILES string of the molecule is CC(C)C(=O)N1C[C@H](c2ccc(F)cc2)[C@H]2CN(Cc3ccsc3)CC[C@H]21. The predicted molar refractivity (Wildman–Crippen MR) is 107 cm³/mol. The van der Waals surface area contributed by atoms with Crippen LogP contribution in [0.5, 0.6) is 0 Å². The van der Waals surface area contributed by atoms with Crippen LogP contribution in [0.2, 0.25) is 0 Å². The van der Waals surface area contributed by atoms with Crippen molar-refractivity contribution in [3.63, 3.8) is 0 Å². The summed E-state index contributed by atoms with van der Waals surface area (Å²) < 4.78 is 13.4. The number of rotatable bonds is 4. The Balaban J connectivity index is 1.58. The summed E-state index contributed by atoms with van der Waals surface area (Å²) in [5.74, 6) is 0.752. The summed E-state index contributed by atoms with van der Waals surface area (Å²) in [7, 11) is 0. The molecule has 0 radical (unpaired) electrons. The van der Waals surface area contributed by atoms with Crippen molar-refractivity contribution in [2.45, 2.75) is 38.8 Å². The second kappa shape index (κ2) is 7.72. The standard InChI is InChI=1S/C22H27FN2OS/c1-15(2)22(26)25-13-19(17-3-5-18(23)6-4-17)20-12-24(9-7-21(20)25)11-16-8-10-27-14-16/h3-6,8,10,14-15,19-21H,7,9,11-13H2,1-2H3/t19-,20-,21-/m1/s1. The summed E-state index contributed by atoms with van der Waals surface area (Å²) in [6.07, 6.45) is 1.02. The Bertz CT molecular complexity index is 774. The Morgan fingerprint density at radius 3 is 2.67 bits per heavy atom. The number of halogens is 1. The molecule has 0 N–H and O–H groups in total. The van der Waals surface area contributed by atoms with E-state index in [9.17, 15) is 9.18 Å². The molecule has 1 amide bonds. The minimum atomic E-state index is -0.203. The zero-order valence-electron chi connectivity index (χ0n) is 16.0. The molecule has 2 aliphatic heterocycles. The summed E-state index contributed by atoms with van der Waals surface area (Å²) in [6, 6.07) is 9.38. The van der Waals surface area contributed by atoms with Crippen molar-refractivity contribution in [2.75, 3.05) is 19.6 Å². The van der Waals surface area contributed by atoms with Gasteiger partial charge in [0.2, 0.25) is 5.91 Å². The summed E-state index contributed by atoms with van der Waals surface area (Å²) in [5, 5.41) is 4.34. The minimum Gasteiger partial charge on any atom is -0.338 e. The fraction of sp³-hybridized carbons (Fsp3) is 0.500. The van der Waals surface area contributed by atoms with Crippen LogP contribution >= 0.6 is 11.3 Å². The molecule has 3 nitrogen and oxygen atoms in total. The maximum absolute atomic E-state index is 13.4. The van der Waals surface area contributed by atoms with Gasteiger partial charge in [-0.2, -0.15) is 11.3 Å². The van der Waals surface area contributed by atoms with Crippen LogP contribution in [0, 0.1) is 17.7 Å². The van der Waals surface area contributed by atoms with Gasteiger partial charge in [0, 0.05) is 50.0 Å². The molecule has 2 fully saturated rings. The van der Waals surface area contributed by atoms with E-state index in [0.717, 1.165) is 38.2 Å². The molecule has 0 spiro atoms. The van der Waals surface area contributed by atoms with Gasteiger partial charge in [0.15, 0.2) is 0 Å². The Morgan fingerprint density at radius 2 is 2.00 bits per heavy atom. The van der Waals surface area contributed by atoms with E-state index in [2.05, 4.69) is 26.6 Å². The average molecular weight is 387 g/mol. The number of carbonyl (C=O) groups is 1. The molecule has 2 aromatic rings. The number of carbonyl (C=O) groups excluding carboxylic acids is 1. The van der Waals surface area contributed by atoms with Crippen molar-refractivity contribution < 1.29 is 9.18 Å². The number of hydrogen-bond donors (Lipinski definition) is 0. The van der Waals surface area contributed by atoms with Gasteiger partial charge in [-0.15, -0.1) is 0 Å². The van der Waals surface area contributed by atoms with E-state index in [1.54, 1.807) is 23.5 Å². The van der Waals surface area contributed by atoms with Gasteiger partial charge in [0.05, 0.1) is 0 Å². The van der Waals surface area contributed by atoms with E-state index in [-0.39, 0.29) is 23.6 Å². The normalized spacial score (nSPS) is 25.8. The van der Waals surface area contributed by atoms with E-state index in [1.807, 2.05) is 26.0 Å². The van der Waals surface area contributed by atoms with Crippen molar-refractivity contribution in [3.8, 4) is 0 Å². The molecule has 0 saturated carbocycles. The first kappa shape index (κ1) is 18.6. The highest BCUT2D eigenvalue weighted by atomic mass is 32.1. The van der Waals surface area contributed by atoms with Crippen LogP contribution in [0.15, 0.2) is 41.1 Å². The fourth-order valence-corrected chi connectivity index (χ4v) is 5.40. The molecular weight excluding hydrogens is 359 g/mol. The molecule has 27 heavy (non-hydrogen) atoms. The first-order valence-corrected chi connectivity index (χ1v) is 10.8. The van der Waals surface area contributed by atoms with Crippen molar-refractivity contribution in [1.29, 1.82) is 0 Å². The lowest BCUT2D eigenvalue weighted by Crippen LogP contribution is -2.48. The van der Waals surface area contributed by atoms with Crippen LogP contribution < -0.4 is 0 Å². The molecule has 1 aromatic heterocycles. The van der Waals surface area contributed by atoms with E-state index in [1.165, 1.54) is 5.56 Å². The van der Waals surface area contributed by atoms with Crippen LogP contribution in [-0.4, -0.2) is 41.4 Å². The van der Waals surface area contributed by atoms with E-state index in [4.69, 9.17) is 0 Å². The lowest BCUT2D eigenvalue weighted by Gasteiger charge is -2.39. The molecule has 2 saturated heterocycles. The van der Waals surface area contributed by atoms with Gasteiger partial charge in [-0.1, -0.05) is 26.0 Å². The average Bonchev–Trinajstić information content (AvgIpc) is 3.29. The second-order valence-electron chi connectivity index (χ2n) is 8.19.